The third-order valence-corrected chi connectivity index (χ3v) is 2.52. The average Bonchev–Trinajstić information content (AvgIpc) is 2.57. The Balaban J connectivity index is 2.12. The Kier molecular flexibility index (Phi) is 2.53. The molecule has 0 saturated carbocycles. The van der Waals surface area contributed by atoms with Crippen molar-refractivity contribution < 1.29 is 24.1 Å². The first-order valence-electron chi connectivity index (χ1n) is 4.72. The van der Waals surface area contributed by atoms with E-state index in [9.17, 15) is 0 Å². The van der Waals surface area contributed by atoms with Crippen LogP contribution in [0.3, 0.4) is 0 Å². The Labute approximate surface area is 82.9 Å². The molecule has 1 N–H and O–H groups in total. The first-order chi connectivity index (χ1) is 6.57. The molecule has 5 heteroatoms. The summed E-state index contributed by atoms with van der Waals surface area (Å²) < 4.78 is 21.8. The molecule has 0 amide bonds. The van der Waals surface area contributed by atoms with Gasteiger partial charge in [0.2, 0.25) is 0 Å². The van der Waals surface area contributed by atoms with E-state index in [1.807, 2.05) is 13.8 Å². The summed E-state index contributed by atoms with van der Waals surface area (Å²) in [6, 6.07) is 0. The largest absolute Gasteiger partial charge is 0.394 e. The lowest BCUT2D eigenvalue weighted by atomic mass is 10.1. The number of ether oxygens (including phenoxy) is 4. The Morgan fingerprint density at radius 3 is 2.50 bits per heavy atom. The van der Waals surface area contributed by atoms with Crippen molar-refractivity contribution in [3.05, 3.63) is 0 Å². The van der Waals surface area contributed by atoms with Crippen LogP contribution < -0.4 is 0 Å². The van der Waals surface area contributed by atoms with E-state index in [-0.39, 0.29) is 24.9 Å². The lowest BCUT2D eigenvalue weighted by Crippen LogP contribution is -2.31. The maximum absolute atomic E-state index is 9.08. The van der Waals surface area contributed by atoms with Crippen molar-refractivity contribution in [3.8, 4) is 0 Å². The number of rotatable bonds is 2. The predicted molar refractivity (Wildman–Crippen MR) is 46.6 cm³/mol. The zero-order valence-electron chi connectivity index (χ0n) is 8.60. The molecule has 0 radical (unpaired) electrons. The van der Waals surface area contributed by atoms with Gasteiger partial charge in [0.1, 0.15) is 18.3 Å². The zero-order valence-corrected chi connectivity index (χ0v) is 8.60. The Hall–Kier alpha value is -0.200. The van der Waals surface area contributed by atoms with Gasteiger partial charge in [0.25, 0.3) is 0 Å². The van der Waals surface area contributed by atoms with Crippen LogP contribution in [0.2, 0.25) is 0 Å². The van der Waals surface area contributed by atoms with Gasteiger partial charge in [0, 0.05) is 7.11 Å². The van der Waals surface area contributed by atoms with Gasteiger partial charge in [-0.15, -0.1) is 0 Å². The third kappa shape index (κ3) is 1.55. The minimum atomic E-state index is -0.622. The Morgan fingerprint density at radius 1 is 1.29 bits per heavy atom. The molecule has 4 atom stereocenters. The standard InChI is InChI=1S/C9H16O5/c1-9(2)13-6-5(4-10)12-8(11-3)7(6)14-9/h5-8,10H,4H2,1-3H3/t5?,6-,7-,8+/m0/s1. The molecule has 2 rings (SSSR count). The summed E-state index contributed by atoms with van der Waals surface area (Å²) >= 11 is 0. The predicted octanol–water partition coefficient (Wildman–Crippen LogP) is -0.130. The highest BCUT2D eigenvalue weighted by molar-refractivity contribution is 4.94. The molecule has 14 heavy (non-hydrogen) atoms. The lowest BCUT2D eigenvalue weighted by molar-refractivity contribution is -0.230. The second-order valence-corrected chi connectivity index (χ2v) is 4.03. The summed E-state index contributed by atoms with van der Waals surface area (Å²) in [6.07, 6.45) is -1.28. The highest BCUT2D eigenvalue weighted by atomic mass is 16.8. The van der Waals surface area contributed by atoms with Crippen LogP contribution in [0.4, 0.5) is 0 Å². The molecule has 1 unspecified atom stereocenters. The maximum atomic E-state index is 9.08. The Morgan fingerprint density at radius 2 is 1.93 bits per heavy atom. The summed E-state index contributed by atoms with van der Waals surface area (Å²) in [6.45, 7) is 3.60. The fourth-order valence-corrected chi connectivity index (χ4v) is 1.98. The molecule has 0 aromatic heterocycles. The van der Waals surface area contributed by atoms with Gasteiger partial charge in [0.05, 0.1) is 6.61 Å². The monoisotopic (exact) mass is 204 g/mol. The fourth-order valence-electron chi connectivity index (χ4n) is 1.98. The van der Waals surface area contributed by atoms with Crippen LogP contribution in [0, 0.1) is 0 Å². The SMILES string of the molecule is CO[C@@H]1OC(CO)[C@@H]2OC(C)(C)O[C@H]12. The number of aliphatic hydroxyl groups excluding tert-OH is 1. The molecule has 2 aliphatic rings. The van der Waals surface area contributed by atoms with Crippen molar-refractivity contribution in [2.45, 2.75) is 44.2 Å². The van der Waals surface area contributed by atoms with Gasteiger partial charge >= 0.3 is 0 Å². The number of aliphatic hydroxyl groups is 1. The van der Waals surface area contributed by atoms with Crippen molar-refractivity contribution >= 4 is 0 Å². The van der Waals surface area contributed by atoms with Crippen LogP contribution in [-0.2, 0) is 18.9 Å². The first-order valence-corrected chi connectivity index (χ1v) is 4.72. The first kappa shape index (κ1) is 10.3. The molecule has 2 heterocycles. The van der Waals surface area contributed by atoms with Gasteiger partial charge in [-0.3, -0.25) is 0 Å². The Bertz CT molecular complexity index is 197. The number of hydrogen-bond acceptors (Lipinski definition) is 5. The molecule has 0 aromatic carbocycles. The molecule has 0 spiro atoms. The number of methoxy groups -OCH3 is 1. The summed E-state index contributed by atoms with van der Waals surface area (Å²) in [5.74, 6) is -0.622. The minimum absolute atomic E-state index is 0.0829. The number of hydrogen-bond donors (Lipinski definition) is 1. The number of fused-ring (bicyclic) bond motifs is 1. The van der Waals surface area contributed by atoms with E-state index >= 15 is 0 Å². The molecule has 2 aliphatic heterocycles. The molecule has 0 aliphatic carbocycles. The molecule has 5 nitrogen and oxygen atoms in total. The van der Waals surface area contributed by atoms with Crippen LogP contribution >= 0.6 is 0 Å². The van der Waals surface area contributed by atoms with Crippen molar-refractivity contribution in [2.75, 3.05) is 13.7 Å². The lowest BCUT2D eigenvalue weighted by Gasteiger charge is -2.22. The van der Waals surface area contributed by atoms with Gasteiger partial charge in [-0.05, 0) is 13.8 Å². The van der Waals surface area contributed by atoms with Gasteiger partial charge < -0.3 is 24.1 Å². The molecule has 0 bridgehead atoms. The van der Waals surface area contributed by atoms with E-state index < -0.39 is 12.1 Å². The maximum Gasteiger partial charge on any atom is 0.186 e. The highest BCUT2D eigenvalue weighted by Crippen LogP contribution is 2.38. The van der Waals surface area contributed by atoms with Crippen LogP contribution in [0.15, 0.2) is 0 Å². The summed E-state index contributed by atoms with van der Waals surface area (Å²) in [5, 5.41) is 9.08. The molecule has 2 fully saturated rings. The van der Waals surface area contributed by atoms with Crippen LogP contribution in [-0.4, -0.2) is 49.2 Å². The van der Waals surface area contributed by atoms with Crippen molar-refractivity contribution in [3.63, 3.8) is 0 Å². The van der Waals surface area contributed by atoms with E-state index in [0.29, 0.717) is 0 Å². The van der Waals surface area contributed by atoms with Gasteiger partial charge in [-0.1, -0.05) is 0 Å². The van der Waals surface area contributed by atoms with Crippen molar-refractivity contribution in [2.24, 2.45) is 0 Å². The summed E-state index contributed by atoms with van der Waals surface area (Å²) in [4.78, 5) is 0. The van der Waals surface area contributed by atoms with E-state index in [2.05, 4.69) is 0 Å². The minimum Gasteiger partial charge on any atom is -0.394 e. The second kappa shape index (κ2) is 3.43. The normalized spacial score (nSPS) is 45.4. The molecule has 0 aromatic rings. The van der Waals surface area contributed by atoms with Gasteiger partial charge in [-0.25, -0.2) is 0 Å². The van der Waals surface area contributed by atoms with Crippen molar-refractivity contribution in [1.82, 2.24) is 0 Å². The van der Waals surface area contributed by atoms with Crippen molar-refractivity contribution in [1.29, 1.82) is 0 Å². The quantitative estimate of drug-likeness (QED) is 0.679. The molecule has 2 saturated heterocycles. The van der Waals surface area contributed by atoms with Crippen LogP contribution in [0.25, 0.3) is 0 Å². The van der Waals surface area contributed by atoms with E-state index in [1.165, 1.54) is 0 Å². The second-order valence-electron chi connectivity index (χ2n) is 4.03. The van der Waals surface area contributed by atoms with Gasteiger partial charge in [0.15, 0.2) is 12.1 Å². The summed E-state index contributed by atoms with van der Waals surface area (Å²) in [5.41, 5.74) is 0. The molecular weight excluding hydrogens is 188 g/mol. The zero-order chi connectivity index (χ0) is 10.3. The fraction of sp³-hybridized carbons (Fsp3) is 1.00. The van der Waals surface area contributed by atoms with Gasteiger partial charge in [-0.2, -0.15) is 0 Å². The molecular formula is C9H16O5. The van der Waals surface area contributed by atoms with E-state index in [0.717, 1.165) is 0 Å². The van der Waals surface area contributed by atoms with Crippen LogP contribution in [0.5, 0.6) is 0 Å². The smallest absolute Gasteiger partial charge is 0.186 e. The van der Waals surface area contributed by atoms with Crippen LogP contribution in [0.1, 0.15) is 13.8 Å². The van der Waals surface area contributed by atoms with E-state index in [1.54, 1.807) is 7.11 Å². The third-order valence-electron chi connectivity index (χ3n) is 2.52. The van der Waals surface area contributed by atoms with E-state index in [4.69, 9.17) is 24.1 Å². The average molecular weight is 204 g/mol. The molecule has 82 valence electrons. The summed E-state index contributed by atoms with van der Waals surface area (Å²) in [7, 11) is 1.55. The topological polar surface area (TPSA) is 57.2 Å². The highest BCUT2D eigenvalue weighted by Gasteiger charge is 2.55.